The van der Waals surface area contributed by atoms with E-state index < -0.39 is 0 Å². The van der Waals surface area contributed by atoms with Crippen LogP contribution in [0.5, 0.6) is 0 Å². The number of hydrogen-bond acceptors (Lipinski definition) is 1. The first-order valence-electron chi connectivity index (χ1n) is 3.46. The molecule has 0 aliphatic carbocycles. The Hall–Kier alpha value is -0.980. The summed E-state index contributed by atoms with van der Waals surface area (Å²) in [5.41, 5.74) is 7.51. The van der Waals surface area contributed by atoms with E-state index in [1.807, 2.05) is 12.2 Å². The molecule has 0 amide bonds. The smallest absolute Gasteiger partial charge is 0.0308 e. The van der Waals surface area contributed by atoms with Gasteiger partial charge < -0.3 is 5.73 Å². The summed E-state index contributed by atoms with van der Waals surface area (Å²) in [4.78, 5) is 0. The van der Waals surface area contributed by atoms with Crippen molar-refractivity contribution in [1.29, 1.82) is 0 Å². The highest BCUT2D eigenvalue weighted by molar-refractivity contribution is 5.20. The number of nitrogens with two attached hydrogens (primary N) is 1. The van der Waals surface area contributed by atoms with Crippen molar-refractivity contribution in [3.8, 4) is 0 Å². The topological polar surface area (TPSA) is 26.0 Å². The van der Waals surface area contributed by atoms with Crippen molar-refractivity contribution in [3.63, 3.8) is 0 Å². The van der Waals surface area contributed by atoms with Crippen LogP contribution in [-0.4, -0.2) is 0 Å². The lowest BCUT2D eigenvalue weighted by Crippen LogP contribution is -1.90. The predicted octanol–water partition coefficient (Wildman–Crippen LogP) is 2.37. The van der Waals surface area contributed by atoms with E-state index >= 15 is 0 Å². The fourth-order valence-electron chi connectivity index (χ4n) is 0.424. The summed E-state index contributed by atoms with van der Waals surface area (Å²) in [6.07, 6.45) is 6.59. The Morgan fingerprint density at radius 1 is 1.50 bits per heavy atom. The van der Waals surface area contributed by atoms with Gasteiger partial charge in [-0.05, 0) is 25.5 Å². The molecule has 0 fully saturated rings. The lowest BCUT2D eigenvalue weighted by molar-refractivity contribution is 1.10. The lowest BCUT2D eigenvalue weighted by atomic mass is 10.2. The zero-order chi connectivity index (χ0) is 7.98. The van der Waals surface area contributed by atoms with Crippen LogP contribution < -0.4 is 5.73 Å². The second kappa shape index (κ2) is 4.86. The summed E-state index contributed by atoms with van der Waals surface area (Å²) < 4.78 is 0. The Balaban J connectivity index is 4.03. The average Bonchev–Trinajstić information content (AvgIpc) is 1.99. The van der Waals surface area contributed by atoms with Crippen LogP contribution in [-0.2, 0) is 0 Å². The van der Waals surface area contributed by atoms with Gasteiger partial charge in [0, 0.05) is 5.70 Å². The van der Waals surface area contributed by atoms with E-state index in [0.29, 0.717) is 5.70 Å². The maximum atomic E-state index is 5.47. The molecule has 1 heteroatoms. The summed E-state index contributed by atoms with van der Waals surface area (Å²) in [5, 5.41) is 0. The molecule has 0 saturated carbocycles. The molecular weight excluding hydrogens is 122 g/mol. The van der Waals surface area contributed by atoms with E-state index in [-0.39, 0.29) is 0 Å². The molecule has 0 unspecified atom stereocenters. The van der Waals surface area contributed by atoms with Gasteiger partial charge in [0.25, 0.3) is 0 Å². The monoisotopic (exact) mass is 137 g/mol. The van der Waals surface area contributed by atoms with Crippen molar-refractivity contribution in [1.82, 2.24) is 0 Å². The first-order valence-corrected chi connectivity index (χ1v) is 3.46. The van der Waals surface area contributed by atoms with Crippen LogP contribution in [0.2, 0.25) is 0 Å². The van der Waals surface area contributed by atoms with Gasteiger partial charge in [-0.3, -0.25) is 0 Å². The maximum absolute atomic E-state index is 5.47. The van der Waals surface area contributed by atoms with Gasteiger partial charge in [0.15, 0.2) is 0 Å². The second-order valence-electron chi connectivity index (χ2n) is 2.24. The standard InChI is InChI=1S/C9H15N/c1-4-8(3)6-7-9(10)5-2/h5-7H,2,4,10H2,1,3H3/b8-6-,9-7+. The molecular formula is C9H15N. The summed E-state index contributed by atoms with van der Waals surface area (Å²) in [6, 6.07) is 0. The first kappa shape index (κ1) is 9.02. The van der Waals surface area contributed by atoms with Crippen LogP contribution in [0, 0.1) is 0 Å². The fourth-order valence-corrected chi connectivity index (χ4v) is 0.424. The van der Waals surface area contributed by atoms with E-state index in [4.69, 9.17) is 5.73 Å². The zero-order valence-corrected chi connectivity index (χ0v) is 6.72. The molecule has 0 atom stereocenters. The van der Waals surface area contributed by atoms with Crippen LogP contribution in [0.1, 0.15) is 20.3 Å². The highest BCUT2D eigenvalue weighted by Crippen LogP contribution is 1.98. The van der Waals surface area contributed by atoms with E-state index in [1.165, 1.54) is 5.57 Å². The van der Waals surface area contributed by atoms with Crippen molar-refractivity contribution in [2.24, 2.45) is 5.73 Å². The third kappa shape index (κ3) is 3.96. The van der Waals surface area contributed by atoms with Gasteiger partial charge in [-0.15, -0.1) is 0 Å². The van der Waals surface area contributed by atoms with Gasteiger partial charge in [-0.2, -0.15) is 0 Å². The number of hydrogen-bond donors (Lipinski definition) is 1. The molecule has 0 radical (unpaired) electrons. The molecule has 0 aliphatic heterocycles. The Labute approximate surface area is 62.9 Å². The van der Waals surface area contributed by atoms with Gasteiger partial charge in [-0.1, -0.05) is 25.2 Å². The summed E-state index contributed by atoms with van der Waals surface area (Å²) in [6.45, 7) is 7.73. The number of allylic oxidation sites excluding steroid dienone is 4. The fraction of sp³-hybridized carbons (Fsp3) is 0.333. The molecule has 56 valence electrons. The molecule has 0 saturated heterocycles. The van der Waals surface area contributed by atoms with Crippen LogP contribution in [0.3, 0.4) is 0 Å². The molecule has 0 aromatic carbocycles. The Morgan fingerprint density at radius 3 is 2.50 bits per heavy atom. The molecule has 1 nitrogen and oxygen atoms in total. The zero-order valence-electron chi connectivity index (χ0n) is 6.72. The largest absolute Gasteiger partial charge is 0.399 e. The van der Waals surface area contributed by atoms with Crippen molar-refractivity contribution >= 4 is 0 Å². The predicted molar refractivity (Wildman–Crippen MR) is 46.5 cm³/mol. The molecule has 0 heterocycles. The number of rotatable bonds is 3. The quantitative estimate of drug-likeness (QED) is 0.594. The van der Waals surface area contributed by atoms with Crippen LogP contribution in [0.15, 0.2) is 36.1 Å². The minimum absolute atomic E-state index is 0.716. The SMILES string of the molecule is C=C/C(N)=C\C=C(\C)CC. The average molecular weight is 137 g/mol. The van der Waals surface area contributed by atoms with Crippen molar-refractivity contribution in [3.05, 3.63) is 36.1 Å². The molecule has 0 aliphatic rings. The first-order chi connectivity index (χ1) is 4.70. The molecule has 0 rings (SSSR count). The molecule has 0 spiro atoms. The Kier molecular flexibility index (Phi) is 4.38. The van der Waals surface area contributed by atoms with Crippen molar-refractivity contribution < 1.29 is 0 Å². The highest BCUT2D eigenvalue weighted by Gasteiger charge is 1.80. The molecule has 10 heavy (non-hydrogen) atoms. The van der Waals surface area contributed by atoms with Crippen LogP contribution in [0.4, 0.5) is 0 Å². The molecule has 0 aromatic rings. The van der Waals surface area contributed by atoms with Gasteiger partial charge in [-0.25, -0.2) is 0 Å². The summed E-state index contributed by atoms with van der Waals surface area (Å²) in [5.74, 6) is 0. The molecule has 0 bridgehead atoms. The van der Waals surface area contributed by atoms with Gasteiger partial charge in [0.1, 0.15) is 0 Å². The van der Waals surface area contributed by atoms with Crippen LogP contribution >= 0.6 is 0 Å². The minimum atomic E-state index is 0.716. The Bertz CT molecular complexity index is 164. The molecule has 2 N–H and O–H groups in total. The maximum Gasteiger partial charge on any atom is 0.0308 e. The van der Waals surface area contributed by atoms with Crippen molar-refractivity contribution in [2.75, 3.05) is 0 Å². The van der Waals surface area contributed by atoms with E-state index in [0.717, 1.165) is 6.42 Å². The second-order valence-corrected chi connectivity index (χ2v) is 2.24. The Morgan fingerprint density at radius 2 is 2.10 bits per heavy atom. The third-order valence-electron chi connectivity index (χ3n) is 1.35. The lowest BCUT2D eigenvalue weighted by Gasteiger charge is -1.90. The van der Waals surface area contributed by atoms with E-state index in [2.05, 4.69) is 20.4 Å². The van der Waals surface area contributed by atoms with Crippen molar-refractivity contribution in [2.45, 2.75) is 20.3 Å². The van der Waals surface area contributed by atoms with Gasteiger partial charge in [0.2, 0.25) is 0 Å². The highest BCUT2D eigenvalue weighted by atomic mass is 14.5. The molecule has 0 aromatic heterocycles. The normalized spacial score (nSPS) is 13.4. The van der Waals surface area contributed by atoms with Gasteiger partial charge >= 0.3 is 0 Å². The third-order valence-corrected chi connectivity index (χ3v) is 1.35. The summed E-state index contributed by atoms with van der Waals surface area (Å²) in [7, 11) is 0. The van der Waals surface area contributed by atoms with E-state index in [1.54, 1.807) is 6.08 Å². The van der Waals surface area contributed by atoms with Gasteiger partial charge in [0.05, 0.1) is 0 Å². The summed E-state index contributed by atoms with van der Waals surface area (Å²) >= 11 is 0. The van der Waals surface area contributed by atoms with Crippen LogP contribution in [0.25, 0.3) is 0 Å². The minimum Gasteiger partial charge on any atom is -0.399 e. The van der Waals surface area contributed by atoms with E-state index in [9.17, 15) is 0 Å².